The molecule has 2 aliphatic rings. The highest BCUT2D eigenvalue weighted by atomic mass is 15.3. The Morgan fingerprint density at radius 3 is 2.66 bits per heavy atom. The van der Waals surface area contributed by atoms with E-state index in [0.29, 0.717) is 24.1 Å². The van der Waals surface area contributed by atoms with Gasteiger partial charge in [-0.15, -0.1) is 10.2 Å². The van der Waals surface area contributed by atoms with E-state index in [1.165, 1.54) is 32.1 Å². The van der Waals surface area contributed by atoms with Crippen molar-refractivity contribution in [3.05, 3.63) is 43.0 Å². The largest absolute Gasteiger partial charge is 0.339 e. The van der Waals surface area contributed by atoms with Crippen molar-refractivity contribution < 1.29 is 0 Å². The van der Waals surface area contributed by atoms with Crippen LogP contribution in [0.25, 0.3) is 27.8 Å². The van der Waals surface area contributed by atoms with E-state index in [4.69, 9.17) is 4.98 Å². The third kappa shape index (κ3) is 3.15. The van der Waals surface area contributed by atoms with Gasteiger partial charge < -0.3 is 9.80 Å². The number of fused-ring (bicyclic) bond motifs is 3. The van der Waals surface area contributed by atoms with Gasteiger partial charge in [-0.05, 0) is 50.9 Å². The summed E-state index contributed by atoms with van der Waals surface area (Å²) in [7, 11) is 4.39. The van der Waals surface area contributed by atoms with E-state index >= 15 is 0 Å². The minimum Gasteiger partial charge on any atom is -0.339 e. The average molecular weight is 430 g/mol. The van der Waals surface area contributed by atoms with Crippen LogP contribution in [0.1, 0.15) is 32.1 Å². The molecule has 164 valence electrons. The number of aromatic amines is 1. The second kappa shape index (κ2) is 7.67. The summed E-state index contributed by atoms with van der Waals surface area (Å²) in [5, 5.41) is 21.7. The van der Waals surface area contributed by atoms with Crippen LogP contribution in [0.5, 0.6) is 0 Å². The number of hydrogen-bond acceptors (Lipinski definition) is 7. The van der Waals surface area contributed by atoms with Crippen LogP contribution in [0, 0.1) is 0 Å². The van der Waals surface area contributed by atoms with E-state index in [1.54, 1.807) is 6.20 Å². The Morgan fingerprint density at radius 1 is 1.09 bits per heavy atom. The Balaban J connectivity index is 1.27. The van der Waals surface area contributed by atoms with Gasteiger partial charge in [-0.3, -0.25) is 5.10 Å². The summed E-state index contributed by atoms with van der Waals surface area (Å²) in [5.41, 5.74) is 3.54. The number of rotatable bonds is 4. The van der Waals surface area contributed by atoms with Crippen LogP contribution in [-0.2, 0) is 0 Å². The highest BCUT2D eigenvalue weighted by molar-refractivity contribution is 5.97. The van der Waals surface area contributed by atoms with Crippen molar-refractivity contribution in [3.8, 4) is 16.9 Å². The molecule has 2 atom stereocenters. The van der Waals surface area contributed by atoms with E-state index < -0.39 is 0 Å². The van der Waals surface area contributed by atoms with Crippen LogP contribution in [0.4, 0.5) is 5.95 Å². The quantitative estimate of drug-likeness (QED) is 0.533. The Bertz CT molecular complexity index is 1200. The first-order valence-corrected chi connectivity index (χ1v) is 11.3. The summed E-state index contributed by atoms with van der Waals surface area (Å²) in [4.78, 5) is 9.51. The number of nitrogens with zero attached hydrogens (tertiary/aromatic N) is 8. The molecule has 9 nitrogen and oxygen atoms in total. The van der Waals surface area contributed by atoms with E-state index in [-0.39, 0.29) is 0 Å². The van der Waals surface area contributed by atoms with E-state index in [2.05, 4.69) is 49.4 Å². The van der Waals surface area contributed by atoms with Gasteiger partial charge in [0.2, 0.25) is 5.95 Å². The molecule has 4 aromatic rings. The van der Waals surface area contributed by atoms with Crippen molar-refractivity contribution in [1.29, 1.82) is 0 Å². The third-order valence-corrected chi connectivity index (χ3v) is 7.35. The van der Waals surface area contributed by atoms with Gasteiger partial charge in [0.05, 0.1) is 23.6 Å². The number of anilines is 1. The Kier molecular flexibility index (Phi) is 4.64. The molecule has 0 unspecified atom stereocenters. The maximum atomic E-state index is 4.70. The fourth-order valence-corrected chi connectivity index (χ4v) is 5.47. The molecule has 2 saturated heterocycles. The van der Waals surface area contributed by atoms with Crippen LogP contribution in [0.15, 0.2) is 43.0 Å². The Labute approximate surface area is 186 Å². The molecule has 5 heterocycles. The predicted molar refractivity (Wildman–Crippen MR) is 123 cm³/mol. The number of hydrogen-bond donors (Lipinski definition) is 1. The molecule has 0 aliphatic carbocycles. The minimum absolute atomic E-state index is 0.461. The van der Waals surface area contributed by atoms with Gasteiger partial charge in [-0.25, -0.2) is 9.67 Å². The number of piperidine rings is 2. The lowest BCUT2D eigenvalue weighted by Crippen LogP contribution is -2.55. The zero-order valence-electron chi connectivity index (χ0n) is 18.4. The molecule has 32 heavy (non-hydrogen) atoms. The molecule has 9 heteroatoms. The Morgan fingerprint density at radius 2 is 1.94 bits per heavy atom. The molecular weight excluding hydrogens is 402 g/mol. The normalized spacial score (nSPS) is 23.5. The molecule has 6 rings (SSSR count). The number of benzene rings is 1. The summed E-state index contributed by atoms with van der Waals surface area (Å²) < 4.78 is 1.82. The summed E-state index contributed by atoms with van der Waals surface area (Å²) in [6, 6.07) is 7.75. The van der Waals surface area contributed by atoms with Crippen LogP contribution in [0.3, 0.4) is 0 Å². The van der Waals surface area contributed by atoms with Crippen molar-refractivity contribution in [2.24, 2.45) is 0 Å². The highest BCUT2D eigenvalue weighted by Gasteiger charge is 2.38. The lowest BCUT2D eigenvalue weighted by Gasteiger charge is -2.49. The summed E-state index contributed by atoms with van der Waals surface area (Å²) in [5.74, 6) is 0.693. The molecule has 0 saturated carbocycles. The molecule has 3 aromatic heterocycles. The lowest BCUT2D eigenvalue weighted by molar-refractivity contribution is 0.0556. The number of aromatic nitrogens is 7. The molecule has 2 fully saturated rings. The van der Waals surface area contributed by atoms with Gasteiger partial charge in [0.1, 0.15) is 5.69 Å². The second-order valence-electron chi connectivity index (χ2n) is 9.03. The van der Waals surface area contributed by atoms with Crippen LogP contribution in [0.2, 0.25) is 0 Å². The Hall–Kier alpha value is -3.33. The predicted octanol–water partition coefficient (Wildman–Crippen LogP) is 3.05. The first kappa shape index (κ1) is 19.4. The topological polar surface area (TPSA) is 91.7 Å². The van der Waals surface area contributed by atoms with Gasteiger partial charge in [0.25, 0.3) is 0 Å². The fraction of sp³-hybridized carbons (Fsp3) is 0.435. The SMILES string of the molecule is CN(c1ncc(-c2ccc(-n3cccn3)c3[nH]ncc23)nn1)C1C[C@@H]2CCC[C@@H](C1)N2C. The lowest BCUT2D eigenvalue weighted by atomic mass is 9.82. The van der Waals surface area contributed by atoms with Crippen molar-refractivity contribution in [2.45, 2.75) is 50.2 Å². The van der Waals surface area contributed by atoms with Crippen molar-refractivity contribution in [1.82, 2.24) is 40.1 Å². The summed E-state index contributed by atoms with van der Waals surface area (Å²) in [6.07, 6.45) is 13.6. The van der Waals surface area contributed by atoms with E-state index in [9.17, 15) is 0 Å². The van der Waals surface area contributed by atoms with Gasteiger partial charge in [-0.1, -0.05) is 6.42 Å². The zero-order chi connectivity index (χ0) is 21.7. The van der Waals surface area contributed by atoms with Gasteiger partial charge >= 0.3 is 0 Å². The third-order valence-electron chi connectivity index (χ3n) is 7.35. The van der Waals surface area contributed by atoms with Gasteiger partial charge in [0, 0.05) is 48.5 Å². The molecule has 1 aromatic carbocycles. The van der Waals surface area contributed by atoms with Gasteiger partial charge in [-0.2, -0.15) is 10.2 Å². The highest BCUT2D eigenvalue weighted by Crippen LogP contribution is 2.35. The molecule has 0 radical (unpaired) electrons. The smallest absolute Gasteiger partial charge is 0.245 e. The second-order valence-corrected chi connectivity index (χ2v) is 9.03. The van der Waals surface area contributed by atoms with Crippen molar-refractivity contribution in [2.75, 3.05) is 19.0 Å². The molecule has 2 aliphatic heterocycles. The van der Waals surface area contributed by atoms with E-state index in [1.807, 2.05) is 41.5 Å². The molecular formula is C23H27N9. The average Bonchev–Trinajstić information content (AvgIpc) is 3.51. The molecule has 0 amide bonds. The molecule has 0 spiro atoms. The molecule has 2 bridgehead atoms. The number of H-pyrrole nitrogens is 1. The van der Waals surface area contributed by atoms with Crippen LogP contribution >= 0.6 is 0 Å². The zero-order valence-corrected chi connectivity index (χ0v) is 18.4. The first-order chi connectivity index (χ1) is 15.7. The first-order valence-electron chi connectivity index (χ1n) is 11.3. The monoisotopic (exact) mass is 429 g/mol. The van der Waals surface area contributed by atoms with Crippen LogP contribution in [-0.4, -0.2) is 72.3 Å². The minimum atomic E-state index is 0.461. The fourth-order valence-electron chi connectivity index (χ4n) is 5.47. The van der Waals surface area contributed by atoms with Crippen molar-refractivity contribution >= 4 is 16.9 Å². The summed E-state index contributed by atoms with van der Waals surface area (Å²) in [6.45, 7) is 0. The standard InChI is InChI=1S/C23H27N9/c1-30-15-5-3-6-16(30)12-17(11-15)31(2)23-24-14-20(27-29-23)18-7-8-21(32-10-4-9-26-32)22-19(18)13-25-28-22/h4,7-10,13-17H,3,5-6,11-12H2,1-2H3,(H,25,28)/t15-,16-/m0/s1. The maximum absolute atomic E-state index is 4.70. The van der Waals surface area contributed by atoms with E-state index in [0.717, 1.165) is 27.8 Å². The molecule has 1 N–H and O–H groups in total. The van der Waals surface area contributed by atoms with Crippen LogP contribution < -0.4 is 4.90 Å². The van der Waals surface area contributed by atoms with Gasteiger partial charge in [0.15, 0.2) is 0 Å². The summed E-state index contributed by atoms with van der Waals surface area (Å²) >= 11 is 0. The van der Waals surface area contributed by atoms with Crippen molar-refractivity contribution in [3.63, 3.8) is 0 Å². The maximum Gasteiger partial charge on any atom is 0.245 e. The number of nitrogens with one attached hydrogen (secondary N) is 1.